The van der Waals surface area contributed by atoms with Crippen LogP contribution < -0.4 is 5.32 Å². The molecule has 0 heterocycles. The van der Waals surface area contributed by atoms with Crippen molar-refractivity contribution in [2.45, 2.75) is 47.6 Å². The van der Waals surface area contributed by atoms with Gasteiger partial charge in [0.1, 0.15) is 0 Å². The third-order valence-electron chi connectivity index (χ3n) is 2.02. The van der Waals surface area contributed by atoms with Gasteiger partial charge in [-0.25, -0.2) is 0 Å². The summed E-state index contributed by atoms with van der Waals surface area (Å²) in [6, 6.07) is 0.632. The molecule has 0 spiro atoms. The van der Waals surface area contributed by atoms with E-state index >= 15 is 0 Å². The van der Waals surface area contributed by atoms with Gasteiger partial charge in [0.2, 0.25) is 0 Å². The zero-order valence-electron chi connectivity index (χ0n) is 8.86. The summed E-state index contributed by atoms with van der Waals surface area (Å²) >= 11 is 0. The second kappa shape index (κ2) is 4.10. The molecule has 0 amide bonds. The lowest BCUT2D eigenvalue weighted by Crippen LogP contribution is -2.43. The molecular weight excluding hydrogens is 134 g/mol. The van der Waals surface area contributed by atoms with Crippen molar-refractivity contribution in [1.82, 2.24) is 5.32 Å². The summed E-state index contributed by atoms with van der Waals surface area (Å²) in [5, 5.41) is 3.52. The first-order valence-corrected chi connectivity index (χ1v) is 4.63. The highest BCUT2D eigenvalue weighted by Crippen LogP contribution is 2.24. The van der Waals surface area contributed by atoms with Crippen LogP contribution in [-0.2, 0) is 0 Å². The maximum absolute atomic E-state index is 3.52. The summed E-state index contributed by atoms with van der Waals surface area (Å²) in [5.41, 5.74) is 0.379. The monoisotopic (exact) mass is 157 g/mol. The largest absolute Gasteiger partial charge is 0.313 e. The van der Waals surface area contributed by atoms with E-state index in [-0.39, 0.29) is 0 Å². The lowest BCUT2D eigenvalue weighted by Gasteiger charge is -2.34. The molecule has 1 unspecified atom stereocenters. The Kier molecular flexibility index (Phi) is 4.09. The van der Waals surface area contributed by atoms with E-state index in [4.69, 9.17) is 0 Å². The smallest absolute Gasteiger partial charge is 0.0138 e. The van der Waals surface area contributed by atoms with Gasteiger partial charge in [-0.05, 0) is 17.9 Å². The first kappa shape index (κ1) is 11.0. The summed E-state index contributed by atoms with van der Waals surface area (Å²) in [6.45, 7) is 14.7. The predicted octanol–water partition coefficient (Wildman–Crippen LogP) is 2.67. The molecule has 1 heteroatoms. The zero-order chi connectivity index (χ0) is 9.07. The van der Waals surface area contributed by atoms with Crippen LogP contribution >= 0.6 is 0 Å². The minimum Gasteiger partial charge on any atom is -0.313 e. The molecule has 0 fully saturated rings. The van der Waals surface area contributed by atoms with Crippen LogP contribution in [0.4, 0.5) is 0 Å². The Morgan fingerprint density at radius 1 is 1.18 bits per heavy atom. The predicted molar refractivity (Wildman–Crippen MR) is 51.8 cm³/mol. The van der Waals surface area contributed by atoms with Crippen molar-refractivity contribution in [2.75, 3.05) is 6.54 Å². The van der Waals surface area contributed by atoms with Gasteiger partial charge in [-0.1, -0.05) is 41.5 Å². The van der Waals surface area contributed by atoms with Gasteiger partial charge in [-0.3, -0.25) is 0 Å². The molecule has 0 rings (SSSR count). The number of nitrogens with one attached hydrogen (secondary N) is 1. The molecule has 1 N–H and O–H groups in total. The minimum atomic E-state index is 0.379. The van der Waals surface area contributed by atoms with Gasteiger partial charge in [-0.15, -0.1) is 0 Å². The van der Waals surface area contributed by atoms with E-state index < -0.39 is 0 Å². The summed E-state index contributed by atoms with van der Waals surface area (Å²) in [7, 11) is 0. The van der Waals surface area contributed by atoms with Gasteiger partial charge in [0.15, 0.2) is 0 Å². The second-order valence-corrected chi connectivity index (χ2v) is 4.65. The molecule has 0 saturated heterocycles. The Morgan fingerprint density at radius 2 is 1.64 bits per heavy atom. The van der Waals surface area contributed by atoms with Crippen LogP contribution in [0.25, 0.3) is 0 Å². The molecule has 1 nitrogen and oxygen atoms in total. The van der Waals surface area contributed by atoms with E-state index in [1.807, 2.05) is 0 Å². The molecule has 0 aromatic heterocycles. The Balaban J connectivity index is 4.10. The molecule has 0 saturated carbocycles. The third-order valence-corrected chi connectivity index (χ3v) is 2.02. The van der Waals surface area contributed by atoms with E-state index in [0.29, 0.717) is 11.5 Å². The zero-order valence-corrected chi connectivity index (χ0v) is 8.86. The standard InChI is InChI=1S/C10H23N/c1-7-11-9(8(2)3)10(4,5)6/h8-9,11H,7H2,1-6H3. The molecule has 0 aliphatic heterocycles. The van der Waals surface area contributed by atoms with Crippen LogP contribution in [0.5, 0.6) is 0 Å². The average Bonchev–Trinajstić information content (AvgIpc) is 1.79. The topological polar surface area (TPSA) is 12.0 Å². The molecule has 68 valence electrons. The van der Waals surface area contributed by atoms with Gasteiger partial charge in [-0.2, -0.15) is 0 Å². The Bertz CT molecular complexity index is 99.9. The lowest BCUT2D eigenvalue weighted by molar-refractivity contribution is 0.215. The number of rotatable bonds is 3. The maximum atomic E-state index is 3.52. The molecular formula is C10H23N. The van der Waals surface area contributed by atoms with E-state index in [1.165, 1.54) is 0 Å². The van der Waals surface area contributed by atoms with E-state index in [9.17, 15) is 0 Å². The molecule has 0 radical (unpaired) electrons. The lowest BCUT2D eigenvalue weighted by atomic mass is 9.80. The third kappa shape index (κ3) is 3.76. The van der Waals surface area contributed by atoms with Crippen molar-refractivity contribution >= 4 is 0 Å². The van der Waals surface area contributed by atoms with Gasteiger partial charge in [0, 0.05) is 6.04 Å². The first-order chi connectivity index (χ1) is 4.89. The van der Waals surface area contributed by atoms with Crippen molar-refractivity contribution in [2.24, 2.45) is 11.3 Å². The number of hydrogen-bond donors (Lipinski definition) is 1. The fourth-order valence-corrected chi connectivity index (χ4v) is 1.76. The SMILES string of the molecule is CCNC(C(C)C)C(C)(C)C. The molecule has 0 bridgehead atoms. The van der Waals surface area contributed by atoms with Crippen molar-refractivity contribution in [3.63, 3.8) is 0 Å². The van der Waals surface area contributed by atoms with Crippen molar-refractivity contribution in [3.05, 3.63) is 0 Å². The Hall–Kier alpha value is -0.0400. The highest BCUT2D eigenvalue weighted by molar-refractivity contribution is 4.82. The van der Waals surface area contributed by atoms with Crippen LogP contribution in [0.15, 0.2) is 0 Å². The minimum absolute atomic E-state index is 0.379. The van der Waals surface area contributed by atoms with Gasteiger partial charge in [0.05, 0.1) is 0 Å². The fourth-order valence-electron chi connectivity index (χ4n) is 1.76. The maximum Gasteiger partial charge on any atom is 0.0138 e. The first-order valence-electron chi connectivity index (χ1n) is 4.63. The van der Waals surface area contributed by atoms with Crippen LogP contribution in [0.2, 0.25) is 0 Å². The van der Waals surface area contributed by atoms with Crippen LogP contribution in [0.3, 0.4) is 0 Å². The van der Waals surface area contributed by atoms with Crippen LogP contribution in [0, 0.1) is 11.3 Å². The van der Waals surface area contributed by atoms with E-state index in [0.717, 1.165) is 12.5 Å². The van der Waals surface area contributed by atoms with Gasteiger partial charge in [0.25, 0.3) is 0 Å². The Morgan fingerprint density at radius 3 is 1.73 bits per heavy atom. The van der Waals surface area contributed by atoms with Crippen molar-refractivity contribution in [1.29, 1.82) is 0 Å². The highest BCUT2D eigenvalue weighted by atomic mass is 14.9. The molecule has 0 aliphatic carbocycles. The summed E-state index contributed by atoms with van der Waals surface area (Å²) < 4.78 is 0. The summed E-state index contributed by atoms with van der Waals surface area (Å²) in [5.74, 6) is 0.718. The van der Waals surface area contributed by atoms with Crippen molar-refractivity contribution < 1.29 is 0 Å². The normalized spacial score (nSPS) is 15.5. The highest BCUT2D eigenvalue weighted by Gasteiger charge is 2.25. The second-order valence-electron chi connectivity index (χ2n) is 4.65. The van der Waals surface area contributed by atoms with E-state index in [2.05, 4.69) is 46.9 Å². The molecule has 1 atom stereocenters. The van der Waals surface area contributed by atoms with Crippen LogP contribution in [-0.4, -0.2) is 12.6 Å². The average molecular weight is 157 g/mol. The molecule has 0 aromatic carbocycles. The summed E-state index contributed by atoms with van der Waals surface area (Å²) in [6.07, 6.45) is 0. The molecule has 0 aliphatic rings. The quantitative estimate of drug-likeness (QED) is 0.664. The fraction of sp³-hybridized carbons (Fsp3) is 1.00. The van der Waals surface area contributed by atoms with E-state index in [1.54, 1.807) is 0 Å². The number of hydrogen-bond acceptors (Lipinski definition) is 1. The van der Waals surface area contributed by atoms with Gasteiger partial charge >= 0.3 is 0 Å². The van der Waals surface area contributed by atoms with Crippen LogP contribution in [0.1, 0.15) is 41.5 Å². The molecule has 11 heavy (non-hydrogen) atoms. The molecule has 0 aromatic rings. The van der Waals surface area contributed by atoms with Crippen molar-refractivity contribution in [3.8, 4) is 0 Å². The van der Waals surface area contributed by atoms with Gasteiger partial charge < -0.3 is 5.32 Å². The summed E-state index contributed by atoms with van der Waals surface area (Å²) in [4.78, 5) is 0. The Labute approximate surface area is 71.6 Å².